The molecule has 192 valence electrons. The molecule has 1 N–H and O–H groups in total. The highest BCUT2D eigenvalue weighted by atomic mass is 32.2. The van der Waals surface area contributed by atoms with Gasteiger partial charge in [0.1, 0.15) is 29.6 Å². The lowest BCUT2D eigenvalue weighted by Crippen LogP contribution is -2.41. The molecule has 0 aromatic heterocycles. The first-order valence-corrected chi connectivity index (χ1v) is 12.7. The van der Waals surface area contributed by atoms with Gasteiger partial charge in [0, 0.05) is 5.56 Å². The lowest BCUT2D eigenvalue weighted by atomic mass is 10.1. The zero-order chi connectivity index (χ0) is 26.3. The number of hydrogen-bond acceptors (Lipinski definition) is 6. The first-order valence-electron chi connectivity index (χ1n) is 11.2. The van der Waals surface area contributed by atoms with Crippen LogP contribution in [-0.2, 0) is 14.8 Å². The number of ether oxygens (including phenoxy) is 3. The van der Waals surface area contributed by atoms with Crippen LogP contribution in [0.3, 0.4) is 0 Å². The van der Waals surface area contributed by atoms with Gasteiger partial charge in [-0.25, -0.2) is 12.8 Å². The number of sulfonamides is 1. The van der Waals surface area contributed by atoms with Gasteiger partial charge >= 0.3 is 0 Å². The Labute approximate surface area is 210 Å². The van der Waals surface area contributed by atoms with Crippen LogP contribution in [0, 0.1) is 5.82 Å². The van der Waals surface area contributed by atoms with Crippen molar-refractivity contribution in [2.75, 3.05) is 31.7 Å². The Morgan fingerprint density at radius 2 is 1.61 bits per heavy atom. The van der Waals surface area contributed by atoms with Gasteiger partial charge in [0.15, 0.2) is 0 Å². The monoisotopic (exact) mass is 516 g/mol. The van der Waals surface area contributed by atoms with Crippen LogP contribution in [0.1, 0.15) is 25.5 Å². The van der Waals surface area contributed by atoms with Crippen molar-refractivity contribution in [1.82, 2.24) is 5.32 Å². The number of anilines is 1. The molecule has 0 aliphatic carbocycles. The fourth-order valence-corrected chi connectivity index (χ4v) is 5.02. The highest BCUT2D eigenvalue weighted by molar-refractivity contribution is 7.92. The minimum absolute atomic E-state index is 0.0365. The van der Waals surface area contributed by atoms with Crippen LogP contribution < -0.4 is 23.8 Å². The smallest absolute Gasteiger partial charge is 0.264 e. The second-order valence-corrected chi connectivity index (χ2v) is 9.65. The molecule has 0 saturated carbocycles. The first-order chi connectivity index (χ1) is 17.2. The number of rotatable bonds is 11. The molecule has 0 saturated heterocycles. The summed E-state index contributed by atoms with van der Waals surface area (Å²) in [6.45, 7) is 3.47. The summed E-state index contributed by atoms with van der Waals surface area (Å²) in [4.78, 5) is 13.0. The molecule has 0 spiro atoms. The number of halogens is 1. The van der Waals surface area contributed by atoms with E-state index in [4.69, 9.17) is 14.2 Å². The average Bonchev–Trinajstić information content (AvgIpc) is 2.88. The van der Waals surface area contributed by atoms with Gasteiger partial charge in [-0.15, -0.1) is 0 Å². The average molecular weight is 517 g/mol. The highest BCUT2D eigenvalue weighted by Gasteiger charge is 2.28. The molecule has 10 heteroatoms. The van der Waals surface area contributed by atoms with E-state index in [0.29, 0.717) is 29.4 Å². The molecule has 3 aromatic carbocycles. The molecule has 3 aromatic rings. The Kier molecular flexibility index (Phi) is 8.76. The van der Waals surface area contributed by atoms with E-state index in [1.54, 1.807) is 25.1 Å². The third-order valence-electron chi connectivity index (χ3n) is 5.41. The Morgan fingerprint density at radius 3 is 2.19 bits per heavy atom. The standard InChI is InChI=1S/C26H29FN2O6S/c1-5-35-21-10-13-23(14-11-21)36(31,32)29(20-8-6-19(27)7-9-20)17-26(30)28-18(2)24-16-22(33-3)12-15-25(24)34-4/h6-16,18H,5,17H2,1-4H3,(H,28,30)/t18-/m1/s1. The van der Waals surface area contributed by atoms with Crippen molar-refractivity contribution < 1.29 is 31.8 Å². The molecule has 3 rings (SSSR count). The maximum Gasteiger partial charge on any atom is 0.264 e. The molecule has 36 heavy (non-hydrogen) atoms. The fourth-order valence-electron chi connectivity index (χ4n) is 3.60. The van der Waals surface area contributed by atoms with Gasteiger partial charge in [-0.05, 0) is 80.6 Å². The van der Waals surface area contributed by atoms with Crippen LogP contribution in [0.5, 0.6) is 17.2 Å². The summed E-state index contributed by atoms with van der Waals surface area (Å²) < 4.78 is 57.6. The normalized spacial score (nSPS) is 11.9. The third-order valence-corrected chi connectivity index (χ3v) is 7.19. The van der Waals surface area contributed by atoms with Crippen molar-refractivity contribution in [3.8, 4) is 17.2 Å². The van der Waals surface area contributed by atoms with Crippen LogP contribution in [0.15, 0.2) is 71.6 Å². The van der Waals surface area contributed by atoms with Crippen molar-refractivity contribution in [3.05, 3.63) is 78.1 Å². The summed E-state index contributed by atoms with van der Waals surface area (Å²) in [7, 11) is -1.13. The van der Waals surface area contributed by atoms with E-state index in [9.17, 15) is 17.6 Å². The van der Waals surface area contributed by atoms with Crippen molar-refractivity contribution in [1.29, 1.82) is 0 Å². The van der Waals surface area contributed by atoms with E-state index in [-0.39, 0.29) is 10.6 Å². The van der Waals surface area contributed by atoms with Crippen molar-refractivity contribution in [3.63, 3.8) is 0 Å². The molecule has 0 radical (unpaired) electrons. The molecule has 1 atom stereocenters. The van der Waals surface area contributed by atoms with Crippen molar-refractivity contribution in [2.45, 2.75) is 24.8 Å². The Morgan fingerprint density at radius 1 is 0.972 bits per heavy atom. The maximum absolute atomic E-state index is 13.6. The summed E-state index contributed by atoms with van der Waals surface area (Å²) in [5.74, 6) is 0.550. The molecule has 1 amide bonds. The quantitative estimate of drug-likeness (QED) is 0.408. The predicted molar refractivity (Wildman–Crippen MR) is 135 cm³/mol. The first kappa shape index (κ1) is 26.8. The van der Waals surface area contributed by atoms with Gasteiger partial charge < -0.3 is 19.5 Å². The number of benzene rings is 3. The summed E-state index contributed by atoms with van der Waals surface area (Å²) >= 11 is 0. The predicted octanol–water partition coefficient (Wildman–Crippen LogP) is 4.31. The number of carbonyl (C=O) groups excluding carboxylic acids is 1. The molecule has 0 aliphatic rings. The van der Waals surface area contributed by atoms with E-state index < -0.39 is 34.3 Å². The van der Waals surface area contributed by atoms with Crippen LogP contribution in [-0.4, -0.2) is 41.7 Å². The van der Waals surface area contributed by atoms with Gasteiger partial charge in [0.05, 0.1) is 37.5 Å². The van der Waals surface area contributed by atoms with Gasteiger partial charge in [-0.2, -0.15) is 0 Å². The number of nitrogens with zero attached hydrogens (tertiary/aromatic N) is 1. The minimum Gasteiger partial charge on any atom is -0.497 e. The summed E-state index contributed by atoms with van der Waals surface area (Å²) in [5.41, 5.74) is 0.806. The van der Waals surface area contributed by atoms with Gasteiger partial charge in [-0.1, -0.05) is 0 Å². The minimum atomic E-state index is -4.17. The molecule has 0 bridgehead atoms. The Bertz CT molecular complexity index is 1280. The molecule has 0 heterocycles. The summed E-state index contributed by atoms with van der Waals surface area (Å²) in [5, 5.41) is 2.81. The van der Waals surface area contributed by atoms with E-state index in [2.05, 4.69) is 5.32 Å². The SMILES string of the molecule is CCOc1ccc(S(=O)(=O)N(CC(=O)N[C@H](C)c2cc(OC)ccc2OC)c2ccc(F)cc2)cc1. The van der Waals surface area contributed by atoms with Crippen molar-refractivity contribution >= 4 is 21.6 Å². The highest BCUT2D eigenvalue weighted by Crippen LogP contribution is 2.30. The van der Waals surface area contributed by atoms with E-state index >= 15 is 0 Å². The van der Waals surface area contributed by atoms with Crippen LogP contribution >= 0.6 is 0 Å². The van der Waals surface area contributed by atoms with Crippen LogP contribution in [0.4, 0.5) is 10.1 Å². The van der Waals surface area contributed by atoms with Crippen molar-refractivity contribution in [2.24, 2.45) is 0 Å². The number of methoxy groups -OCH3 is 2. The van der Waals surface area contributed by atoms with Gasteiger partial charge in [0.2, 0.25) is 5.91 Å². The topological polar surface area (TPSA) is 94.2 Å². The molecule has 8 nitrogen and oxygen atoms in total. The zero-order valence-electron chi connectivity index (χ0n) is 20.5. The molecule has 0 fully saturated rings. The lowest BCUT2D eigenvalue weighted by molar-refractivity contribution is -0.120. The molecular formula is C26H29FN2O6S. The maximum atomic E-state index is 13.6. The number of carbonyl (C=O) groups is 1. The molecule has 0 aliphatic heterocycles. The fraction of sp³-hybridized carbons (Fsp3) is 0.269. The molecular weight excluding hydrogens is 487 g/mol. The molecule has 0 unspecified atom stereocenters. The van der Waals surface area contributed by atoms with Crippen LogP contribution in [0.25, 0.3) is 0 Å². The van der Waals surface area contributed by atoms with Crippen LogP contribution in [0.2, 0.25) is 0 Å². The summed E-state index contributed by atoms with van der Waals surface area (Å²) in [6.07, 6.45) is 0. The van der Waals surface area contributed by atoms with E-state index in [0.717, 1.165) is 16.4 Å². The second kappa shape index (κ2) is 11.8. The Balaban J connectivity index is 1.89. The van der Waals surface area contributed by atoms with Gasteiger partial charge in [-0.3, -0.25) is 9.10 Å². The van der Waals surface area contributed by atoms with Gasteiger partial charge in [0.25, 0.3) is 10.0 Å². The lowest BCUT2D eigenvalue weighted by Gasteiger charge is -2.25. The third kappa shape index (κ3) is 6.25. The summed E-state index contributed by atoms with van der Waals surface area (Å²) in [6, 6.07) is 15.4. The Hall–Kier alpha value is -3.79. The van der Waals surface area contributed by atoms with E-state index in [1.807, 2.05) is 6.92 Å². The second-order valence-electron chi connectivity index (χ2n) is 7.79. The van der Waals surface area contributed by atoms with E-state index in [1.165, 1.54) is 50.6 Å². The number of nitrogens with one attached hydrogen (secondary N) is 1. The zero-order valence-corrected chi connectivity index (χ0v) is 21.3. The largest absolute Gasteiger partial charge is 0.497 e. The number of hydrogen-bond donors (Lipinski definition) is 1. The number of amides is 1.